The summed E-state index contributed by atoms with van der Waals surface area (Å²) >= 11 is 1.73. The molecular weight excluding hydrogens is 310 g/mol. The first-order valence-corrected chi connectivity index (χ1v) is 9.05. The second kappa shape index (κ2) is 6.77. The van der Waals surface area contributed by atoms with Crippen molar-refractivity contribution in [2.45, 2.75) is 72.1 Å². The van der Waals surface area contributed by atoms with E-state index >= 15 is 0 Å². The normalized spacial score (nSPS) is 17.7. The zero-order valence-electron chi connectivity index (χ0n) is 15.1. The molecule has 0 saturated heterocycles. The van der Waals surface area contributed by atoms with Crippen LogP contribution >= 0.6 is 11.3 Å². The Morgan fingerprint density at radius 1 is 1.30 bits per heavy atom. The fraction of sp³-hybridized carbons (Fsp3) is 0.765. The van der Waals surface area contributed by atoms with E-state index in [0.717, 1.165) is 17.2 Å². The van der Waals surface area contributed by atoms with Gasteiger partial charge in [-0.15, -0.1) is 11.3 Å². The third kappa shape index (κ3) is 5.46. The minimum atomic E-state index is -0.467. The minimum absolute atomic E-state index is 0.110. The smallest absolute Gasteiger partial charge is 0.407 e. The van der Waals surface area contributed by atoms with E-state index < -0.39 is 5.60 Å². The highest BCUT2D eigenvalue weighted by molar-refractivity contribution is 7.11. The van der Waals surface area contributed by atoms with Crippen molar-refractivity contribution in [1.29, 1.82) is 0 Å². The summed E-state index contributed by atoms with van der Waals surface area (Å²) in [6.07, 6.45) is 2.07. The molecule has 5 nitrogen and oxygen atoms in total. The van der Waals surface area contributed by atoms with Gasteiger partial charge in [0.1, 0.15) is 5.60 Å². The molecule has 1 fully saturated rings. The lowest BCUT2D eigenvalue weighted by Crippen LogP contribution is -2.53. The first kappa shape index (κ1) is 18.2. The van der Waals surface area contributed by atoms with Crippen LogP contribution in [0.3, 0.4) is 0 Å². The van der Waals surface area contributed by atoms with Crippen LogP contribution in [0.4, 0.5) is 4.79 Å². The number of nitrogens with zero attached hydrogens (tertiary/aromatic N) is 1. The maximum absolute atomic E-state index is 11.9. The van der Waals surface area contributed by atoms with Gasteiger partial charge in [0.25, 0.3) is 0 Å². The van der Waals surface area contributed by atoms with Crippen LogP contribution in [0.5, 0.6) is 0 Å². The standard InChI is InChI=1S/C17H29N3O2S/c1-11-14(23-12(2)20-11)9-19-17(6,13-7-8-13)10-18-15(21)22-16(3,4)5/h13,19H,7-10H2,1-6H3,(H,18,21). The molecule has 1 saturated carbocycles. The number of thiazole rings is 1. The van der Waals surface area contributed by atoms with Gasteiger partial charge in [-0.25, -0.2) is 9.78 Å². The Balaban J connectivity index is 1.91. The highest BCUT2D eigenvalue weighted by Crippen LogP contribution is 2.39. The van der Waals surface area contributed by atoms with Crippen molar-refractivity contribution in [3.05, 3.63) is 15.6 Å². The molecule has 1 atom stereocenters. The average molecular weight is 340 g/mol. The van der Waals surface area contributed by atoms with Gasteiger partial charge in [0.15, 0.2) is 0 Å². The van der Waals surface area contributed by atoms with E-state index in [2.05, 4.69) is 22.5 Å². The molecule has 1 aromatic rings. The Kier molecular flexibility index (Phi) is 5.36. The van der Waals surface area contributed by atoms with Crippen LogP contribution in [0, 0.1) is 19.8 Å². The molecule has 0 aliphatic heterocycles. The Hall–Kier alpha value is -1.14. The second-order valence-corrected chi connectivity index (χ2v) is 8.93. The first-order chi connectivity index (χ1) is 10.6. The third-order valence-corrected chi connectivity index (χ3v) is 5.20. The van der Waals surface area contributed by atoms with Gasteiger partial charge >= 0.3 is 6.09 Å². The van der Waals surface area contributed by atoms with Crippen LogP contribution in [0.1, 0.15) is 56.1 Å². The van der Waals surface area contributed by atoms with Crippen molar-refractivity contribution in [3.8, 4) is 0 Å². The van der Waals surface area contributed by atoms with Crippen molar-refractivity contribution in [3.63, 3.8) is 0 Å². The van der Waals surface area contributed by atoms with Crippen molar-refractivity contribution in [1.82, 2.24) is 15.6 Å². The van der Waals surface area contributed by atoms with E-state index in [9.17, 15) is 4.79 Å². The molecule has 0 aromatic carbocycles. The van der Waals surface area contributed by atoms with Crippen LogP contribution in [0.2, 0.25) is 0 Å². The van der Waals surface area contributed by atoms with Gasteiger partial charge in [-0.1, -0.05) is 0 Å². The van der Waals surface area contributed by atoms with Gasteiger partial charge in [-0.2, -0.15) is 0 Å². The maximum Gasteiger partial charge on any atom is 0.407 e. The summed E-state index contributed by atoms with van der Waals surface area (Å²) in [7, 11) is 0. The number of carbonyl (C=O) groups excluding carboxylic acids is 1. The van der Waals surface area contributed by atoms with Gasteiger partial charge < -0.3 is 15.4 Å². The second-order valence-electron chi connectivity index (χ2n) is 7.64. The topological polar surface area (TPSA) is 63.2 Å². The fourth-order valence-corrected chi connectivity index (χ4v) is 3.54. The number of aryl methyl sites for hydroxylation is 2. The minimum Gasteiger partial charge on any atom is -0.444 e. The molecule has 1 heterocycles. The summed E-state index contributed by atoms with van der Waals surface area (Å²) in [5, 5.41) is 7.66. The number of ether oxygens (including phenoxy) is 1. The maximum atomic E-state index is 11.9. The molecule has 0 spiro atoms. The summed E-state index contributed by atoms with van der Waals surface area (Å²) in [5.74, 6) is 0.603. The highest BCUT2D eigenvalue weighted by atomic mass is 32.1. The summed E-state index contributed by atoms with van der Waals surface area (Å²) < 4.78 is 5.33. The molecular formula is C17H29N3O2S. The Labute approximate surface area is 143 Å². The molecule has 2 rings (SSSR count). The summed E-state index contributed by atoms with van der Waals surface area (Å²) in [5.41, 5.74) is 0.518. The van der Waals surface area contributed by atoms with Gasteiger partial charge in [0.2, 0.25) is 0 Å². The van der Waals surface area contributed by atoms with Crippen LogP contribution in [0.15, 0.2) is 0 Å². The van der Waals surface area contributed by atoms with E-state index in [1.807, 2.05) is 34.6 Å². The van der Waals surface area contributed by atoms with Gasteiger partial charge in [-0.3, -0.25) is 0 Å². The van der Waals surface area contributed by atoms with E-state index in [-0.39, 0.29) is 11.6 Å². The predicted octanol–water partition coefficient (Wildman–Crippen LogP) is 3.54. The SMILES string of the molecule is Cc1nc(C)c(CNC(C)(CNC(=O)OC(C)(C)C)C2CC2)s1. The van der Waals surface area contributed by atoms with Crippen LogP contribution in [-0.2, 0) is 11.3 Å². The van der Waals surface area contributed by atoms with Crippen LogP contribution in [-0.4, -0.2) is 28.8 Å². The number of carbonyl (C=O) groups is 1. The van der Waals surface area contributed by atoms with Crippen molar-refractivity contribution >= 4 is 17.4 Å². The number of nitrogens with one attached hydrogen (secondary N) is 2. The lowest BCUT2D eigenvalue weighted by atomic mass is 9.95. The van der Waals surface area contributed by atoms with Crippen LogP contribution < -0.4 is 10.6 Å². The number of hydrogen-bond donors (Lipinski definition) is 2. The largest absolute Gasteiger partial charge is 0.444 e. The zero-order chi connectivity index (χ0) is 17.3. The van der Waals surface area contributed by atoms with E-state index in [4.69, 9.17) is 4.74 Å². The Morgan fingerprint density at radius 2 is 1.96 bits per heavy atom. The molecule has 2 N–H and O–H groups in total. The van der Waals surface area contributed by atoms with E-state index in [1.54, 1.807) is 11.3 Å². The summed E-state index contributed by atoms with van der Waals surface area (Å²) in [6.45, 7) is 13.3. The number of amides is 1. The molecule has 1 aliphatic rings. The lowest BCUT2D eigenvalue weighted by Gasteiger charge is -2.32. The van der Waals surface area contributed by atoms with Crippen molar-refractivity contribution in [2.24, 2.45) is 5.92 Å². The third-order valence-electron chi connectivity index (χ3n) is 4.13. The lowest BCUT2D eigenvalue weighted by molar-refractivity contribution is 0.0507. The van der Waals surface area contributed by atoms with Gasteiger partial charge in [-0.05, 0) is 60.3 Å². The van der Waals surface area contributed by atoms with Gasteiger partial charge in [0.05, 0.1) is 10.7 Å². The fourth-order valence-electron chi connectivity index (χ4n) is 2.66. The highest BCUT2D eigenvalue weighted by Gasteiger charge is 2.41. The predicted molar refractivity (Wildman–Crippen MR) is 93.8 cm³/mol. The zero-order valence-corrected chi connectivity index (χ0v) is 15.9. The molecule has 1 aliphatic carbocycles. The van der Waals surface area contributed by atoms with E-state index in [1.165, 1.54) is 17.7 Å². The summed E-state index contributed by atoms with van der Waals surface area (Å²) in [4.78, 5) is 17.7. The first-order valence-electron chi connectivity index (χ1n) is 8.24. The molecule has 1 aromatic heterocycles. The molecule has 0 bridgehead atoms. The number of alkyl carbamates (subject to hydrolysis) is 1. The monoisotopic (exact) mass is 339 g/mol. The van der Waals surface area contributed by atoms with E-state index in [0.29, 0.717) is 12.5 Å². The van der Waals surface area contributed by atoms with Crippen LogP contribution in [0.25, 0.3) is 0 Å². The number of rotatable bonds is 6. The van der Waals surface area contributed by atoms with Crippen molar-refractivity contribution in [2.75, 3.05) is 6.54 Å². The Morgan fingerprint density at radius 3 is 2.43 bits per heavy atom. The Bertz CT molecular complexity index is 561. The quantitative estimate of drug-likeness (QED) is 0.832. The molecule has 1 amide bonds. The molecule has 130 valence electrons. The average Bonchev–Trinajstić information content (AvgIpc) is 3.19. The van der Waals surface area contributed by atoms with Crippen molar-refractivity contribution < 1.29 is 9.53 Å². The number of hydrogen-bond acceptors (Lipinski definition) is 5. The van der Waals surface area contributed by atoms with Gasteiger partial charge in [0, 0.05) is 23.5 Å². The molecule has 1 unspecified atom stereocenters. The number of aromatic nitrogens is 1. The molecule has 0 radical (unpaired) electrons. The summed E-state index contributed by atoms with van der Waals surface area (Å²) in [6, 6.07) is 0. The molecule has 23 heavy (non-hydrogen) atoms. The molecule has 6 heteroatoms.